The number of hydrogen-bond acceptors (Lipinski definition) is 4. The Morgan fingerprint density at radius 1 is 1.29 bits per heavy atom. The van der Waals surface area contributed by atoms with Crippen LogP contribution in [0.2, 0.25) is 0 Å². The number of rotatable bonds is 5. The average Bonchev–Trinajstić information content (AvgIpc) is 3.36. The number of ether oxygens (including phenoxy) is 1. The first-order valence-corrected chi connectivity index (χ1v) is 9.00. The number of aromatic amines is 1. The first-order chi connectivity index (χ1) is 11.7. The van der Waals surface area contributed by atoms with E-state index in [2.05, 4.69) is 22.3 Å². The molecule has 2 aliphatic rings. The van der Waals surface area contributed by atoms with Gasteiger partial charge in [0.2, 0.25) is 0 Å². The molecule has 1 aromatic carbocycles. The van der Waals surface area contributed by atoms with Gasteiger partial charge in [-0.15, -0.1) is 0 Å². The lowest BCUT2D eigenvalue weighted by molar-refractivity contribution is -0.0874. The van der Waals surface area contributed by atoms with E-state index in [1.807, 2.05) is 23.1 Å². The molecule has 0 spiro atoms. The molecule has 2 heterocycles. The van der Waals surface area contributed by atoms with Crippen LogP contribution in [0.4, 0.5) is 0 Å². The van der Waals surface area contributed by atoms with Gasteiger partial charge in [0.15, 0.2) is 0 Å². The first kappa shape index (κ1) is 15.6. The summed E-state index contributed by atoms with van der Waals surface area (Å²) < 4.78 is 6.27. The van der Waals surface area contributed by atoms with Gasteiger partial charge < -0.3 is 9.64 Å². The van der Waals surface area contributed by atoms with Crippen molar-refractivity contribution < 1.29 is 9.53 Å². The fraction of sp³-hybridized carbons (Fsp3) is 0.611. The van der Waals surface area contributed by atoms with E-state index in [0.717, 1.165) is 30.3 Å². The Balaban J connectivity index is 1.52. The van der Waals surface area contributed by atoms with E-state index in [0.29, 0.717) is 24.6 Å². The molecule has 1 saturated carbocycles. The molecule has 4 rings (SSSR count). The standard InChI is InChI=1S/C18H24N4O2/c1-2-3-4-14-10-22(11-17(24-14)12-5-6-12)18(23)13-7-8-15-16(9-13)20-21-19-15/h7-9,12,14,17H,2-6,10-11H2,1H3,(H,19,20,21)/t14-,17-/m1/s1. The van der Waals surface area contributed by atoms with Gasteiger partial charge in [-0.25, -0.2) is 0 Å². The van der Waals surface area contributed by atoms with E-state index in [4.69, 9.17) is 4.74 Å². The third-order valence-electron chi connectivity index (χ3n) is 5.07. The number of unbranched alkanes of at least 4 members (excludes halogenated alkanes) is 1. The Morgan fingerprint density at radius 3 is 2.92 bits per heavy atom. The van der Waals surface area contributed by atoms with Gasteiger partial charge in [0.05, 0.1) is 12.2 Å². The summed E-state index contributed by atoms with van der Waals surface area (Å²) in [7, 11) is 0. The van der Waals surface area contributed by atoms with Crippen molar-refractivity contribution in [1.29, 1.82) is 0 Å². The first-order valence-electron chi connectivity index (χ1n) is 9.00. The molecular formula is C18H24N4O2. The summed E-state index contributed by atoms with van der Waals surface area (Å²) in [5, 5.41) is 10.7. The smallest absolute Gasteiger partial charge is 0.254 e. The number of amides is 1. The molecule has 2 atom stereocenters. The van der Waals surface area contributed by atoms with Crippen LogP contribution in [0.3, 0.4) is 0 Å². The third-order valence-corrected chi connectivity index (χ3v) is 5.07. The minimum absolute atomic E-state index is 0.0790. The molecule has 0 unspecified atom stereocenters. The van der Waals surface area contributed by atoms with Crippen molar-refractivity contribution in [2.75, 3.05) is 13.1 Å². The van der Waals surface area contributed by atoms with Gasteiger partial charge >= 0.3 is 0 Å². The molecule has 1 aliphatic heterocycles. The molecule has 1 amide bonds. The van der Waals surface area contributed by atoms with Crippen molar-refractivity contribution in [2.45, 2.75) is 51.2 Å². The van der Waals surface area contributed by atoms with Gasteiger partial charge in [0, 0.05) is 18.7 Å². The Hall–Kier alpha value is -1.95. The monoisotopic (exact) mass is 328 g/mol. The zero-order valence-electron chi connectivity index (χ0n) is 14.1. The number of nitrogens with one attached hydrogen (secondary N) is 1. The minimum atomic E-state index is 0.0790. The summed E-state index contributed by atoms with van der Waals surface area (Å²) in [6.07, 6.45) is 6.19. The summed E-state index contributed by atoms with van der Waals surface area (Å²) in [5.41, 5.74) is 2.20. The topological polar surface area (TPSA) is 71.1 Å². The van der Waals surface area contributed by atoms with Crippen LogP contribution in [-0.2, 0) is 4.74 Å². The number of morpholine rings is 1. The van der Waals surface area contributed by atoms with Crippen molar-refractivity contribution in [2.24, 2.45) is 5.92 Å². The molecule has 2 fully saturated rings. The zero-order chi connectivity index (χ0) is 16.5. The quantitative estimate of drug-likeness (QED) is 0.916. The second kappa shape index (κ2) is 6.51. The summed E-state index contributed by atoms with van der Waals surface area (Å²) in [5.74, 6) is 0.720. The molecular weight excluding hydrogens is 304 g/mol. The van der Waals surface area contributed by atoms with E-state index in [1.165, 1.54) is 12.8 Å². The summed E-state index contributed by atoms with van der Waals surface area (Å²) in [4.78, 5) is 15.0. The van der Waals surface area contributed by atoms with Crippen molar-refractivity contribution in [3.63, 3.8) is 0 Å². The lowest BCUT2D eigenvalue weighted by atomic mass is 10.1. The average molecular weight is 328 g/mol. The largest absolute Gasteiger partial charge is 0.371 e. The zero-order valence-corrected chi connectivity index (χ0v) is 14.1. The molecule has 0 radical (unpaired) electrons. The molecule has 1 aromatic heterocycles. The van der Waals surface area contributed by atoms with E-state index in [-0.39, 0.29) is 18.1 Å². The fourth-order valence-corrected chi connectivity index (χ4v) is 3.51. The SMILES string of the molecule is CCCC[C@@H]1CN(C(=O)c2ccc3n[nH]nc3c2)C[C@H](C2CC2)O1. The van der Waals surface area contributed by atoms with Crippen LogP contribution in [0, 0.1) is 5.92 Å². The van der Waals surface area contributed by atoms with E-state index in [9.17, 15) is 4.79 Å². The number of carbonyl (C=O) groups excluding carboxylic acids is 1. The Kier molecular flexibility index (Phi) is 4.22. The van der Waals surface area contributed by atoms with Crippen LogP contribution in [-0.4, -0.2) is 51.5 Å². The van der Waals surface area contributed by atoms with Crippen LogP contribution in [0.1, 0.15) is 49.4 Å². The van der Waals surface area contributed by atoms with Crippen LogP contribution in [0.15, 0.2) is 18.2 Å². The summed E-state index contributed by atoms with van der Waals surface area (Å²) in [6.45, 7) is 3.60. The van der Waals surface area contributed by atoms with Gasteiger partial charge in [0.1, 0.15) is 11.0 Å². The molecule has 1 aliphatic carbocycles. The second-order valence-corrected chi connectivity index (χ2v) is 7.01. The van der Waals surface area contributed by atoms with Gasteiger partial charge in [-0.1, -0.05) is 19.8 Å². The van der Waals surface area contributed by atoms with Gasteiger partial charge in [0.25, 0.3) is 5.91 Å². The molecule has 6 heteroatoms. The summed E-state index contributed by atoms with van der Waals surface area (Å²) in [6, 6.07) is 5.51. The highest BCUT2D eigenvalue weighted by molar-refractivity contribution is 5.97. The second-order valence-electron chi connectivity index (χ2n) is 7.01. The number of aromatic nitrogens is 3. The molecule has 24 heavy (non-hydrogen) atoms. The maximum Gasteiger partial charge on any atom is 0.254 e. The van der Waals surface area contributed by atoms with Gasteiger partial charge in [-0.05, 0) is 43.4 Å². The Bertz CT molecular complexity index is 725. The lowest BCUT2D eigenvalue weighted by Gasteiger charge is -2.38. The van der Waals surface area contributed by atoms with E-state index >= 15 is 0 Å². The van der Waals surface area contributed by atoms with Crippen LogP contribution in [0.25, 0.3) is 11.0 Å². The maximum atomic E-state index is 13.0. The maximum absolute atomic E-state index is 13.0. The fourth-order valence-electron chi connectivity index (χ4n) is 3.51. The van der Waals surface area contributed by atoms with Gasteiger partial charge in [-0.2, -0.15) is 15.4 Å². The van der Waals surface area contributed by atoms with E-state index < -0.39 is 0 Å². The highest BCUT2D eigenvalue weighted by Crippen LogP contribution is 2.37. The molecule has 1 saturated heterocycles. The number of nitrogens with zero attached hydrogens (tertiary/aromatic N) is 3. The minimum Gasteiger partial charge on any atom is -0.371 e. The predicted molar refractivity (Wildman–Crippen MR) is 90.7 cm³/mol. The highest BCUT2D eigenvalue weighted by Gasteiger charge is 2.39. The van der Waals surface area contributed by atoms with Crippen molar-refractivity contribution in [3.05, 3.63) is 23.8 Å². The molecule has 2 aromatic rings. The molecule has 1 N–H and O–H groups in total. The number of carbonyl (C=O) groups is 1. The lowest BCUT2D eigenvalue weighted by Crippen LogP contribution is -2.50. The number of hydrogen-bond donors (Lipinski definition) is 1. The third kappa shape index (κ3) is 3.15. The molecule has 6 nitrogen and oxygen atoms in total. The van der Waals surface area contributed by atoms with Crippen LogP contribution < -0.4 is 0 Å². The van der Waals surface area contributed by atoms with Crippen LogP contribution in [0.5, 0.6) is 0 Å². The Labute approximate surface area is 141 Å². The summed E-state index contributed by atoms with van der Waals surface area (Å²) >= 11 is 0. The molecule has 128 valence electrons. The van der Waals surface area contributed by atoms with E-state index in [1.54, 1.807) is 0 Å². The predicted octanol–water partition coefficient (Wildman–Crippen LogP) is 2.77. The Morgan fingerprint density at radius 2 is 2.12 bits per heavy atom. The van der Waals surface area contributed by atoms with Crippen molar-refractivity contribution >= 4 is 16.9 Å². The number of benzene rings is 1. The number of fused-ring (bicyclic) bond motifs is 1. The normalized spacial score (nSPS) is 24.5. The van der Waals surface area contributed by atoms with Crippen LogP contribution >= 0.6 is 0 Å². The molecule has 0 bridgehead atoms. The van der Waals surface area contributed by atoms with Crippen molar-refractivity contribution in [3.8, 4) is 0 Å². The number of H-pyrrole nitrogens is 1. The highest BCUT2D eigenvalue weighted by atomic mass is 16.5. The van der Waals surface area contributed by atoms with Gasteiger partial charge in [-0.3, -0.25) is 4.79 Å². The van der Waals surface area contributed by atoms with Crippen molar-refractivity contribution in [1.82, 2.24) is 20.3 Å².